The van der Waals surface area contributed by atoms with Gasteiger partial charge in [0.25, 0.3) is 5.91 Å². The van der Waals surface area contributed by atoms with Crippen LogP contribution in [0.3, 0.4) is 0 Å². The number of likely N-dealkylation sites (N-methyl/N-ethyl adjacent to an activating group) is 1. The zero-order chi connectivity index (χ0) is 33.8. The molecule has 5 aromatic rings. The maximum atomic E-state index is 13.4. The number of aromatic amines is 1. The first kappa shape index (κ1) is 32.6. The molecule has 12 nitrogen and oxygen atoms in total. The van der Waals surface area contributed by atoms with Crippen molar-refractivity contribution in [2.45, 2.75) is 26.7 Å². The number of H-pyrrole nitrogens is 1. The number of rotatable bonds is 11. The van der Waals surface area contributed by atoms with Crippen molar-refractivity contribution in [2.75, 3.05) is 69.5 Å². The van der Waals surface area contributed by atoms with E-state index in [1.165, 1.54) is 0 Å². The average Bonchev–Trinajstić information content (AvgIpc) is 3.79. The van der Waals surface area contributed by atoms with Crippen LogP contribution in [0.1, 0.15) is 35.3 Å². The van der Waals surface area contributed by atoms with Crippen LogP contribution in [0.5, 0.6) is 5.75 Å². The van der Waals surface area contributed by atoms with Crippen LogP contribution < -0.4 is 20.3 Å². The van der Waals surface area contributed by atoms with Crippen molar-refractivity contribution in [2.24, 2.45) is 0 Å². The third kappa shape index (κ3) is 6.84. The number of aryl methyl sites for hydroxylation is 2. The van der Waals surface area contributed by atoms with Gasteiger partial charge in [0.2, 0.25) is 11.9 Å². The van der Waals surface area contributed by atoms with E-state index in [2.05, 4.69) is 57.5 Å². The van der Waals surface area contributed by atoms with Crippen LogP contribution in [-0.4, -0.2) is 95.1 Å². The van der Waals surface area contributed by atoms with Gasteiger partial charge >= 0.3 is 0 Å². The number of hydrogen-bond acceptors (Lipinski definition) is 8. The molecule has 1 aliphatic rings. The Balaban J connectivity index is 1.20. The number of benzene rings is 2. The molecule has 1 aliphatic heterocycles. The second-order valence-electron chi connectivity index (χ2n) is 12.1. The van der Waals surface area contributed by atoms with Crippen molar-refractivity contribution in [3.05, 3.63) is 83.8 Å². The van der Waals surface area contributed by atoms with Crippen molar-refractivity contribution < 1.29 is 14.3 Å². The van der Waals surface area contributed by atoms with Crippen LogP contribution in [0.2, 0.25) is 0 Å². The van der Waals surface area contributed by atoms with E-state index in [1.807, 2.05) is 41.2 Å². The Bertz CT molecular complexity index is 1900. The lowest BCUT2D eigenvalue weighted by Crippen LogP contribution is -2.49. The summed E-state index contributed by atoms with van der Waals surface area (Å²) in [5, 5.41) is 7.32. The van der Waals surface area contributed by atoms with Gasteiger partial charge in [-0.25, -0.2) is 0 Å². The summed E-state index contributed by atoms with van der Waals surface area (Å²) in [6, 6.07) is 15.9. The lowest BCUT2D eigenvalue weighted by atomic mass is 10.0. The molecule has 3 N–H and O–H groups in total. The molecule has 0 radical (unpaired) electrons. The number of ether oxygens (including phenoxy) is 1. The van der Waals surface area contributed by atoms with Gasteiger partial charge in [0.15, 0.2) is 5.82 Å². The van der Waals surface area contributed by atoms with Crippen LogP contribution in [0.4, 0.5) is 23.0 Å². The van der Waals surface area contributed by atoms with Crippen molar-refractivity contribution >= 4 is 45.9 Å². The first-order valence-corrected chi connectivity index (χ1v) is 16.4. The molecule has 0 spiro atoms. The Hall–Kier alpha value is -5.36. The van der Waals surface area contributed by atoms with E-state index in [9.17, 15) is 9.59 Å². The smallest absolute Gasteiger partial charge is 0.257 e. The summed E-state index contributed by atoms with van der Waals surface area (Å²) in [6.45, 7) is 7.86. The van der Waals surface area contributed by atoms with Gasteiger partial charge in [0, 0.05) is 76.3 Å². The average molecular weight is 650 g/mol. The van der Waals surface area contributed by atoms with Gasteiger partial charge in [-0.2, -0.15) is 9.97 Å². The fourth-order valence-electron chi connectivity index (χ4n) is 6.03. The molecular formula is C36H43N9O3. The Kier molecular flexibility index (Phi) is 9.62. The SMILES string of the molecule is CCc1cccc(CC)c1NC(=O)c1ccn(-c2nc(Nc3ccc(N4CCN(CC(=O)N(C)C)CC4)cc3OC)nc3[nH]ccc23)c1. The fraction of sp³-hybridized carbons (Fsp3) is 0.333. The Labute approximate surface area is 280 Å². The molecule has 0 aliphatic carbocycles. The minimum atomic E-state index is -0.171. The molecule has 0 atom stereocenters. The van der Waals surface area contributed by atoms with Crippen LogP contribution in [0.25, 0.3) is 16.9 Å². The van der Waals surface area contributed by atoms with Gasteiger partial charge in [-0.15, -0.1) is 0 Å². The zero-order valence-corrected chi connectivity index (χ0v) is 28.2. The van der Waals surface area contributed by atoms with Gasteiger partial charge in [0.1, 0.15) is 11.4 Å². The first-order valence-electron chi connectivity index (χ1n) is 16.4. The minimum Gasteiger partial charge on any atom is -0.494 e. The standard InChI is InChI=1S/C36H43N9O3/c1-6-24-9-8-10-25(7-2)32(24)39-35(47)26-14-16-45(22-26)34-28-13-15-37-33(28)40-36(41-34)38-29-12-11-27(21-30(29)48-5)44-19-17-43(18-20-44)23-31(46)42(3)4/h8-16,21-22H,6-7,17-20,23H2,1-5H3,(H,39,47)(H2,37,38,40,41). The predicted molar refractivity (Wildman–Crippen MR) is 190 cm³/mol. The number of amides is 2. The quantitative estimate of drug-likeness (QED) is 0.181. The van der Waals surface area contributed by atoms with E-state index >= 15 is 0 Å². The van der Waals surface area contributed by atoms with E-state index < -0.39 is 0 Å². The molecule has 3 aromatic heterocycles. The van der Waals surface area contributed by atoms with Crippen LogP contribution in [0.15, 0.2) is 67.1 Å². The summed E-state index contributed by atoms with van der Waals surface area (Å²) in [5.74, 6) is 1.62. The van der Waals surface area contributed by atoms with Crippen LogP contribution in [0, 0.1) is 0 Å². The number of anilines is 4. The Morgan fingerprint density at radius 2 is 1.73 bits per heavy atom. The molecule has 48 heavy (non-hydrogen) atoms. The number of hydrogen-bond donors (Lipinski definition) is 3. The van der Waals surface area contributed by atoms with E-state index in [4.69, 9.17) is 14.7 Å². The highest BCUT2D eigenvalue weighted by molar-refractivity contribution is 6.05. The summed E-state index contributed by atoms with van der Waals surface area (Å²) < 4.78 is 7.63. The van der Waals surface area contributed by atoms with Gasteiger partial charge < -0.3 is 34.7 Å². The zero-order valence-electron chi connectivity index (χ0n) is 28.2. The van der Waals surface area contributed by atoms with E-state index in [-0.39, 0.29) is 11.8 Å². The molecule has 250 valence electrons. The summed E-state index contributed by atoms with van der Waals surface area (Å²) in [5.41, 5.74) is 6.07. The Morgan fingerprint density at radius 1 is 0.979 bits per heavy atom. The highest BCUT2D eigenvalue weighted by atomic mass is 16.5. The summed E-state index contributed by atoms with van der Waals surface area (Å²) in [7, 11) is 5.22. The molecule has 1 fully saturated rings. The van der Waals surface area contributed by atoms with Crippen molar-refractivity contribution in [3.63, 3.8) is 0 Å². The second-order valence-corrected chi connectivity index (χ2v) is 12.1. The number of piperazine rings is 1. The lowest BCUT2D eigenvalue weighted by Gasteiger charge is -2.36. The lowest BCUT2D eigenvalue weighted by molar-refractivity contribution is -0.129. The molecular weight excluding hydrogens is 606 g/mol. The molecule has 4 heterocycles. The van der Waals surface area contributed by atoms with Gasteiger partial charge in [-0.3, -0.25) is 14.5 Å². The highest BCUT2D eigenvalue weighted by Gasteiger charge is 2.21. The van der Waals surface area contributed by atoms with Gasteiger partial charge in [0.05, 0.1) is 30.3 Å². The Morgan fingerprint density at radius 3 is 2.42 bits per heavy atom. The molecule has 0 bridgehead atoms. The number of para-hydroxylation sites is 1. The number of methoxy groups -OCH3 is 1. The maximum Gasteiger partial charge on any atom is 0.257 e. The van der Waals surface area contributed by atoms with E-state index in [0.717, 1.165) is 72.6 Å². The fourth-order valence-corrected chi connectivity index (χ4v) is 6.03. The molecule has 2 amide bonds. The summed E-state index contributed by atoms with van der Waals surface area (Å²) >= 11 is 0. The monoisotopic (exact) mass is 649 g/mol. The number of fused-ring (bicyclic) bond motifs is 1. The van der Waals surface area contributed by atoms with Crippen molar-refractivity contribution in [1.29, 1.82) is 0 Å². The normalized spacial score (nSPS) is 13.5. The van der Waals surface area contributed by atoms with Gasteiger partial charge in [-0.1, -0.05) is 32.0 Å². The van der Waals surface area contributed by atoms with Crippen molar-refractivity contribution in [3.8, 4) is 11.6 Å². The van der Waals surface area contributed by atoms with E-state index in [1.54, 1.807) is 38.4 Å². The molecule has 6 rings (SSSR count). The third-order valence-corrected chi connectivity index (χ3v) is 8.86. The summed E-state index contributed by atoms with van der Waals surface area (Å²) in [4.78, 5) is 44.4. The second kappa shape index (κ2) is 14.2. The van der Waals surface area contributed by atoms with Crippen LogP contribution >= 0.6 is 0 Å². The number of carbonyl (C=O) groups is 2. The number of nitrogens with zero attached hydrogens (tertiary/aromatic N) is 6. The molecule has 0 unspecified atom stereocenters. The van der Waals surface area contributed by atoms with Crippen LogP contribution in [-0.2, 0) is 17.6 Å². The number of nitrogens with one attached hydrogen (secondary N) is 3. The first-order chi connectivity index (χ1) is 23.3. The minimum absolute atomic E-state index is 0.116. The molecule has 1 saturated heterocycles. The van der Waals surface area contributed by atoms with Crippen molar-refractivity contribution in [1.82, 2.24) is 29.3 Å². The third-order valence-electron chi connectivity index (χ3n) is 8.86. The largest absolute Gasteiger partial charge is 0.494 e. The molecule has 12 heteroatoms. The highest BCUT2D eigenvalue weighted by Crippen LogP contribution is 2.33. The van der Waals surface area contributed by atoms with Gasteiger partial charge in [-0.05, 0) is 48.2 Å². The maximum absolute atomic E-state index is 13.4. The predicted octanol–water partition coefficient (Wildman–Crippen LogP) is 5.09. The summed E-state index contributed by atoms with van der Waals surface area (Å²) in [6.07, 6.45) is 7.11. The molecule has 0 saturated carbocycles. The number of carbonyl (C=O) groups excluding carboxylic acids is 2. The topological polar surface area (TPSA) is 124 Å². The molecule has 2 aromatic carbocycles. The number of aromatic nitrogens is 4. The van der Waals surface area contributed by atoms with E-state index in [0.29, 0.717) is 35.3 Å².